The Labute approximate surface area is 124 Å². The minimum atomic E-state index is -0.320. The topological polar surface area (TPSA) is 49.9 Å². The highest BCUT2D eigenvalue weighted by Crippen LogP contribution is 2.31. The lowest BCUT2D eigenvalue weighted by Gasteiger charge is -2.36. The second kappa shape index (κ2) is 5.76. The number of ether oxygens (including phenoxy) is 1. The van der Waals surface area contributed by atoms with Crippen molar-refractivity contribution in [1.29, 1.82) is 0 Å². The monoisotopic (exact) mass is 288 g/mol. The first-order valence-corrected chi connectivity index (χ1v) is 7.41. The van der Waals surface area contributed by atoms with Crippen molar-refractivity contribution in [2.24, 2.45) is 5.92 Å². The molecule has 0 N–H and O–H groups in total. The van der Waals surface area contributed by atoms with Gasteiger partial charge in [0.25, 0.3) is 0 Å². The standard InChI is InChI=1S/C16H20N2O3/c1-21-16(20)13-3-2-4-14(11-13)17-7-9-18(10-8-17)15(19)12-5-6-12/h2-4,11-12H,5-10H2,1H3. The summed E-state index contributed by atoms with van der Waals surface area (Å²) < 4.78 is 4.75. The van der Waals surface area contributed by atoms with Crippen molar-refractivity contribution in [3.8, 4) is 0 Å². The number of amides is 1. The van der Waals surface area contributed by atoms with E-state index in [0.29, 0.717) is 17.4 Å². The Balaban J connectivity index is 1.63. The Kier molecular flexibility index (Phi) is 3.82. The van der Waals surface area contributed by atoms with E-state index in [1.807, 2.05) is 23.1 Å². The van der Waals surface area contributed by atoms with Crippen LogP contribution in [0.25, 0.3) is 0 Å². The van der Waals surface area contributed by atoms with Crippen molar-refractivity contribution >= 4 is 17.6 Å². The average Bonchev–Trinajstić information content (AvgIpc) is 3.38. The molecule has 1 heterocycles. The second-order valence-electron chi connectivity index (χ2n) is 5.63. The van der Waals surface area contributed by atoms with Gasteiger partial charge in [-0.1, -0.05) is 6.07 Å². The van der Waals surface area contributed by atoms with Crippen LogP contribution in [0.3, 0.4) is 0 Å². The number of carbonyl (C=O) groups is 2. The lowest BCUT2D eigenvalue weighted by molar-refractivity contribution is -0.132. The van der Waals surface area contributed by atoms with Crippen LogP contribution in [-0.2, 0) is 9.53 Å². The molecule has 1 aliphatic heterocycles. The molecule has 1 saturated carbocycles. The van der Waals surface area contributed by atoms with Crippen LogP contribution in [0.1, 0.15) is 23.2 Å². The number of nitrogens with zero attached hydrogens (tertiary/aromatic N) is 2. The van der Waals surface area contributed by atoms with Gasteiger partial charge in [0.05, 0.1) is 12.7 Å². The number of benzene rings is 1. The minimum Gasteiger partial charge on any atom is -0.465 e. The number of esters is 1. The normalized spacial score (nSPS) is 18.5. The highest BCUT2D eigenvalue weighted by molar-refractivity contribution is 5.90. The van der Waals surface area contributed by atoms with Crippen LogP contribution >= 0.6 is 0 Å². The maximum atomic E-state index is 12.0. The number of hydrogen-bond acceptors (Lipinski definition) is 4. The summed E-state index contributed by atoms with van der Waals surface area (Å²) in [5.41, 5.74) is 1.57. The van der Waals surface area contributed by atoms with Crippen LogP contribution in [0.4, 0.5) is 5.69 Å². The summed E-state index contributed by atoms with van der Waals surface area (Å²) in [4.78, 5) is 27.8. The first-order valence-electron chi connectivity index (χ1n) is 7.41. The molecule has 2 fully saturated rings. The summed E-state index contributed by atoms with van der Waals surface area (Å²) >= 11 is 0. The summed E-state index contributed by atoms with van der Waals surface area (Å²) in [6.45, 7) is 3.14. The predicted octanol–water partition coefficient (Wildman–Crippen LogP) is 1.53. The van der Waals surface area contributed by atoms with E-state index in [4.69, 9.17) is 4.74 Å². The van der Waals surface area contributed by atoms with E-state index in [0.717, 1.165) is 44.7 Å². The van der Waals surface area contributed by atoms with Gasteiger partial charge in [-0.15, -0.1) is 0 Å². The van der Waals surface area contributed by atoms with Crippen LogP contribution in [0.5, 0.6) is 0 Å². The third kappa shape index (κ3) is 3.01. The molecule has 1 aromatic rings. The Morgan fingerprint density at radius 1 is 1.14 bits per heavy atom. The van der Waals surface area contributed by atoms with Crippen molar-refractivity contribution in [2.45, 2.75) is 12.8 Å². The van der Waals surface area contributed by atoms with Crippen LogP contribution in [0.2, 0.25) is 0 Å². The van der Waals surface area contributed by atoms with Crippen molar-refractivity contribution < 1.29 is 14.3 Å². The second-order valence-corrected chi connectivity index (χ2v) is 5.63. The lowest BCUT2D eigenvalue weighted by Crippen LogP contribution is -2.49. The first-order chi connectivity index (χ1) is 10.2. The highest BCUT2D eigenvalue weighted by Gasteiger charge is 2.34. The Bertz CT molecular complexity index is 546. The van der Waals surface area contributed by atoms with Gasteiger partial charge in [-0.05, 0) is 31.0 Å². The zero-order valence-electron chi connectivity index (χ0n) is 12.2. The van der Waals surface area contributed by atoms with E-state index in [2.05, 4.69) is 4.90 Å². The number of carbonyl (C=O) groups excluding carboxylic acids is 2. The molecule has 0 aromatic heterocycles. The minimum absolute atomic E-state index is 0.291. The van der Waals surface area contributed by atoms with E-state index < -0.39 is 0 Å². The largest absolute Gasteiger partial charge is 0.465 e. The molecule has 0 unspecified atom stereocenters. The van der Waals surface area contributed by atoms with Gasteiger partial charge in [-0.25, -0.2) is 4.79 Å². The number of anilines is 1. The van der Waals surface area contributed by atoms with Gasteiger partial charge >= 0.3 is 5.97 Å². The fourth-order valence-corrected chi connectivity index (χ4v) is 2.72. The molecule has 2 aliphatic rings. The summed E-state index contributed by atoms with van der Waals surface area (Å²) in [6.07, 6.45) is 2.11. The quantitative estimate of drug-likeness (QED) is 0.792. The Morgan fingerprint density at radius 3 is 2.48 bits per heavy atom. The molecule has 0 radical (unpaired) electrons. The third-order valence-corrected chi connectivity index (χ3v) is 4.15. The SMILES string of the molecule is COC(=O)c1cccc(N2CCN(C(=O)C3CC3)CC2)c1. The molecule has 0 bridgehead atoms. The average molecular weight is 288 g/mol. The summed E-state index contributed by atoms with van der Waals surface area (Å²) in [7, 11) is 1.39. The number of methoxy groups -OCH3 is 1. The number of hydrogen-bond donors (Lipinski definition) is 0. The molecule has 5 nitrogen and oxygen atoms in total. The third-order valence-electron chi connectivity index (χ3n) is 4.15. The molecule has 1 aliphatic carbocycles. The van der Waals surface area contributed by atoms with Crippen molar-refractivity contribution in [2.75, 3.05) is 38.2 Å². The van der Waals surface area contributed by atoms with E-state index in [-0.39, 0.29) is 5.97 Å². The molecule has 1 saturated heterocycles. The van der Waals surface area contributed by atoms with Gasteiger partial charge in [0.15, 0.2) is 0 Å². The van der Waals surface area contributed by atoms with Gasteiger partial charge in [0, 0.05) is 37.8 Å². The van der Waals surface area contributed by atoms with Crippen LogP contribution in [0, 0.1) is 5.92 Å². The first kappa shape index (κ1) is 13.9. The van der Waals surface area contributed by atoms with Crippen molar-refractivity contribution in [3.63, 3.8) is 0 Å². The molecule has 5 heteroatoms. The van der Waals surface area contributed by atoms with Gasteiger partial charge < -0.3 is 14.5 Å². The van der Waals surface area contributed by atoms with Crippen molar-refractivity contribution in [1.82, 2.24) is 4.90 Å². The van der Waals surface area contributed by atoms with E-state index >= 15 is 0 Å². The fourth-order valence-electron chi connectivity index (χ4n) is 2.72. The number of piperazine rings is 1. The molecule has 1 aromatic carbocycles. The molecule has 21 heavy (non-hydrogen) atoms. The van der Waals surface area contributed by atoms with Gasteiger partial charge in [0.1, 0.15) is 0 Å². The van der Waals surface area contributed by atoms with E-state index in [1.54, 1.807) is 6.07 Å². The summed E-state index contributed by atoms with van der Waals surface area (Å²) in [5.74, 6) is 0.288. The molecule has 0 atom stereocenters. The van der Waals surface area contributed by atoms with Gasteiger partial charge in [-0.3, -0.25) is 4.79 Å². The molecular weight excluding hydrogens is 268 g/mol. The van der Waals surface area contributed by atoms with Crippen LogP contribution in [0.15, 0.2) is 24.3 Å². The maximum Gasteiger partial charge on any atom is 0.337 e. The summed E-state index contributed by atoms with van der Waals surface area (Å²) in [5, 5.41) is 0. The zero-order valence-corrected chi connectivity index (χ0v) is 12.2. The smallest absolute Gasteiger partial charge is 0.337 e. The molecule has 0 spiro atoms. The molecular formula is C16H20N2O3. The van der Waals surface area contributed by atoms with Gasteiger partial charge in [0.2, 0.25) is 5.91 Å². The van der Waals surface area contributed by atoms with E-state index in [9.17, 15) is 9.59 Å². The number of rotatable bonds is 3. The lowest BCUT2D eigenvalue weighted by atomic mass is 10.1. The van der Waals surface area contributed by atoms with Crippen LogP contribution < -0.4 is 4.90 Å². The van der Waals surface area contributed by atoms with Crippen LogP contribution in [-0.4, -0.2) is 50.1 Å². The Morgan fingerprint density at radius 2 is 1.86 bits per heavy atom. The predicted molar refractivity (Wildman–Crippen MR) is 79.3 cm³/mol. The Hall–Kier alpha value is -2.04. The fraction of sp³-hybridized carbons (Fsp3) is 0.500. The van der Waals surface area contributed by atoms with Gasteiger partial charge in [-0.2, -0.15) is 0 Å². The highest BCUT2D eigenvalue weighted by atomic mass is 16.5. The molecule has 112 valence electrons. The molecule has 1 amide bonds. The molecule has 3 rings (SSSR count). The summed E-state index contributed by atoms with van der Waals surface area (Å²) in [6, 6.07) is 7.46. The zero-order chi connectivity index (χ0) is 14.8. The maximum absolute atomic E-state index is 12.0. The van der Waals surface area contributed by atoms with Crippen molar-refractivity contribution in [3.05, 3.63) is 29.8 Å². The van der Waals surface area contributed by atoms with E-state index in [1.165, 1.54) is 7.11 Å².